The number of carbonyl (C=O) groups excluding carboxylic acids is 1. The van der Waals surface area contributed by atoms with Gasteiger partial charge in [-0.05, 0) is 37.9 Å². The van der Waals surface area contributed by atoms with Crippen molar-refractivity contribution in [1.29, 1.82) is 0 Å². The topological polar surface area (TPSA) is 78.8 Å². The fraction of sp³-hybridized carbons (Fsp3) is 0.842. The Balaban J connectivity index is 3.71. The summed E-state index contributed by atoms with van der Waals surface area (Å²) >= 11 is 4.47. The third-order valence-electron chi connectivity index (χ3n) is 4.22. The molecule has 0 rings (SSSR count). The quantitative estimate of drug-likeness (QED) is 0.220. The predicted molar refractivity (Wildman–Crippen MR) is 105 cm³/mol. The van der Waals surface area contributed by atoms with Gasteiger partial charge in [0.25, 0.3) is 0 Å². The van der Waals surface area contributed by atoms with Gasteiger partial charge in [0.2, 0.25) is 5.91 Å². The van der Waals surface area contributed by atoms with Crippen LogP contribution in [-0.2, 0) is 9.59 Å². The molecule has 1 atom stereocenters. The van der Waals surface area contributed by atoms with Crippen molar-refractivity contribution in [3.63, 3.8) is 0 Å². The Morgan fingerprint density at radius 1 is 1.00 bits per heavy atom. The van der Waals surface area contributed by atoms with E-state index in [9.17, 15) is 14.7 Å². The van der Waals surface area contributed by atoms with E-state index in [0.717, 1.165) is 25.7 Å². The van der Waals surface area contributed by atoms with Crippen molar-refractivity contribution in [2.45, 2.75) is 96.4 Å². The van der Waals surface area contributed by atoms with E-state index < -0.39 is 12.0 Å². The molecule has 5 nitrogen and oxygen atoms in total. The van der Waals surface area contributed by atoms with Crippen LogP contribution >= 0.6 is 12.2 Å². The Kier molecular flexibility index (Phi) is 16.7. The summed E-state index contributed by atoms with van der Waals surface area (Å²) in [6.45, 7) is 2.78. The van der Waals surface area contributed by atoms with Crippen LogP contribution in [0, 0.1) is 0 Å². The van der Waals surface area contributed by atoms with Crippen molar-refractivity contribution >= 4 is 29.3 Å². The molecule has 2 N–H and O–H groups in total. The van der Waals surface area contributed by atoms with Crippen LogP contribution in [0.15, 0.2) is 4.99 Å². The summed E-state index contributed by atoms with van der Waals surface area (Å²) in [5.74, 6) is -1.13. The molecule has 0 fully saturated rings. The number of unbranched alkanes of at least 4 members (excludes halogenated alkanes) is 9. The van der Waals surface area contributed by atoms with E-state index in [2.05, 4.69) is 34.6 Å². The average Bonchev–Trinajstić information content (AvgIpc) is 2.59. The number of nitrogens with zero attached hydrogens (tertiary/aromatic N) is 1. The first-order chi connectivity index (χ1) is 12.1. The lowest BCUT2D eigenvalue weighted by molar-refractivity contribution is -0.142. The number of hydrogen-bond donors (Lipinski definition) is 2. The van der Waals surface area contributed by atoms with Gasteiger partial charge in [-0.2, -0.15) is 0 Å². The number of carboxylic acids is 1. The molecule has 0 aromatic heterocycles. The van der Waals surface area contributed by atoms with Gasteiger partial charge < -0.3 is 10.4 Å². The minimum Gasteiger partial charge on any atom is -0.480 e. The van der Waals surface area contributed by atoms with Gasteiger partial charge in [0.15, 0.2) is 0 Å². The van der Waals surface area contributed by atoms with E-state index in [-0.39, 0.29) is 5.91 Å². The molecule has 0 bridgehead atoms. The number of aliphatic carboxylic acids is 1. The summed E-state index contributed by atoms with van der Waals surface area (Å²) in [6.07, 6.45) is 13.0. The SMILES string of the molecule is CCCCCCCCCCCC(=O)NC(CCCCN=C=S)C(=O)O. The Morgan fingerprint density at radius 3 is 2.16 bits per heavy atom. The fourth-order valence-electron chi connectivity index (χ4n) is 2.71. The number of thiocarbonyl (C=S) groups is 1. The van der Waals surface area contributed by atoms with Crippen LogP contribution in [0.25, 0.3) is 0 Å². The van der Waals surface area contributed by atoms with Crippen molar-refractivity contribution in [2.75, 3.05) is 6.54 Å². The molecule has 25 heavy (non-hydrogen) atoms. The van der Waals surface area contributed by atoms with Crippen LogP contribution in [0.5, 0.6) is 0 Å². The first-order valence-electron chi connectivity index (χ1n) is 9.67. The molecule has 0 radical (unpaired) electrons. The average molecular weight is 371 g/mol. The van der Waals surface area contributed by atoms with Crippen molar-refractivity contribution < 1.29 is 14.7 Å². The van der Waals surface area contributed by atoms with Crippen LogP contribution in [0.4, 0.5) is 0 Å². The third-order valence-corrected chi connectivity index (χ3v) is 4.35. The lowest BCUT2D eigenvalue weighted by atomic mass is 10.1. The number of aliphatic imine (C=N–C) groups is 1. The minimum atomic E-state index is -0.973. The highest BCUT2D eigenvalue weighted by atomic mass is 32.1. The molecule has 0 spiro atoms. The van der Waals surface area contributed by atoms with Crippen LogP contribution in [-0.4, -0.2) is 34.7 Å². The number of rotatable bonds is 17. The minimum absolute atomic E-state index is 0.160. The van der Waals surface area contributed by atoms with Crippen LogP contribution in [0.2, 0.25) is 0 Å². The van der Waals surface area contributed by atoms with E-state index in [1.165, 1.54) is 38.5 Å². The monoisotopic (exact) mass is 370 g/mol. The molecule has 144 valence electrons. The van der Waals surface area contributed by atoms with E-state index in [0.29, 0.717) is 25.8 Å². The van der Waals surface area contributed by atoms with Crippen molar-refractivity contribution in [1.82, 2.24) is 5.32 Å². The molecular weight excluding hydrogens is 336 g/mol. The molecule has 0 saturated carbocycles. The first-order valence-corrected chi connectivity index (χ1v) is 10.1. The van der Waals surface area contributed by atoms with Crippen LogP contribution in [0.3, 0.4) is 0 Å². The van der Waals surface area contributed by atoms with Gasteiger partial charge in [-0.15, -0.1) is 0 Å². The zero-order chi connectivity index (χ0) is 18.8. The second-order valence-electron chi connectivity index (χ2n) is 6.51. The van der Waals surface area contributed by atoms with Crippen molar-refractivity contribution in [3.8, 4) is 0 Å². The van der Waals surface area contributed by atoms with Crippen molar-refractivity contribution in [3.05, 3.63) is 0 Å². The Hall–Kier alpha value is -1.26. The molecule has 1 amide bonds. The molecular formula is C19H34N2O3S. The zero-order valence-electron chi connectivity index (χ0n) is 15.6. The van der Waals surface area contributed by atoms with E-state index >= 15 is 0 Å². The van der Waals surface area contributed by atoms with Crippen molar-refractivity contribution in [2.24, 2.45) is 4.99 Å². The van der Waals surface area contributed by atoms with Crippen LogP contribution < -0.4 is 5.32 Å². The normalized spacial score (nSPS) is 11.6. The highest BCUT2D eigenvalue weighted by Crippen LogP contribution is 2.10. The van der Waals surface area contributed by atoms with Gasteiger partial charge in [0.1, 0.15) is 6.04 Å². The molecule has 0 aliphatic heterocycles. The standard InChI is InChI=1S/C19H34N2O3S/c1-2-3-4-5-6-7-8-9-10-14-18(22)21-17(19(23)24)13-11-12-15-20-16-25/h17H,2-15H2,1H3,(H,21,22)(H,23,24). The largest absolute Gasteiger partial charge is 0.480 e. The summed E-state index contributed by atoms with van der Waals surface area (Å²) in [6, 6.07) is -0.803. The molecule has 6 heteroatoms. The van der Waals surface area contributed by atoms with Gasteiger partial charge in [0, 0.05) is 13.0 Å². The van der Waals surface area contributed by atoms with Gasteiger partial charge in [-0.3, -0.25) is 4.79 Å². The van der Waals surface area contributed by atoms with Gasteiger partial charge >= 0.3 is 5.97 Å². The Labute approximate surface area is 157 Å². The second kappa shape index (κ2) is 17.6. The maximum atomic E-state index is 11.9. The summed E-state index contributed by atoms with van der Waals surface area (Å²) in [5, 5.41) is 14.1. The molecule has 0 aliphatic rings. The maximum absolute atomic E-state index is 11.9. The first kappa shape index (κ1) is 23.7. The van der Waals surface area contributed by atoms with E-state index in [1.807, 2.05) is 0 Å². The number of carboxylic acid groups (broad SMARTS) is 1. The summed E-state index contributed by atoms with van der Waals surface area (Å²) in [4.78, 5) is 26.9. The molecule has 0 aliphatic carbocycles. The maximum Gasteiger partial charge on any atom is 0.326 e. The lowest BCUT2D eigenvalue weighted by Crippen LogP contribution is -2.40. The molecule has 0 aromatic rings. The predicted octanol–water partition coefficient (Wildman–Crippen LogP) is 4.75. The number of carbonyl (C=O) groups is 2. The van der Waals surface area contributed by atoms with Gasteiger partial charge in [-0.25, -0.2) is 9.79 Å². The fourth-order valence-corrected chi connectivity index (χ4v) is 2.80. The zero-order valence-corrected chi connectivity index (χ0v) is 16.4. The van der Waals surface area contributed by atoms with E-state index in [4.69, 9.17) is 0 Å². The Bertz CT molecular complexity index is 409. The molecule has 0 aromatic carbocycles. The van der Waals surface area contributed by atoms with Crippen LogP contribution in [0.1, 0.15) is 90.4 Å². The smallest absolute Gasteiger partial charge is 0.326 e. The summed E-state index contributed by atoms with van der Waals surface area (Å²) in [5.41, 5.74) is 0. The molecule has 0 saturated heterocycles. The van der Waals surface area contributed by atoms with Gasteiger partial charge in [0.05, 0.1) is 5.16 Å². The summed E-state index contributed by atoms with van der Waals surface area (Å²) in [7, 11) is 0. The number of amides is 1. The third kappa shape index (κ3) is 16.0. The van der Waals surface area contributed by atoms with Gasteiger partial charge in [-0.1, -0.05) is 58.3 Å². The lowest BCUT2D eigenvalue weighted by Gasteiger charge is -2.14. The molecule has 1 unspecified atom stereocenters. The van der Waals surface area contributed by atoms with E-state index in [1.54, 1.807) is 0 Å². The number of hydrogen-bond acceptors (Lipinski definition) is 4. The Morgan fingerprint density at radius 2 is 1.60 bits per heavy atom. The second-order valence-corrected chi connectivity index (χ2v) is 6.69. The number of isothiocyanates is 1. The number of nitrogens with one attached hydrogen (secondary N) is 1. The highest BCUT2D eigenvalue weighted by molar-refractivity contribution is 7.78. The molecule has 0 heterocycles. The highest BCUT2D eigenvalue weighted by Gasteiger charge is 2.18. The summed E-state index contributed by atoms with van der Waals surface area (Å²) < 4.78 is 0.